The van der Waals surface area contributed by atoms with Gasteiger partial charge in [-0.25, -0.2) is 4.79 Å². The van der Waals surface area contributed by atoms with Gasteiger partial charge in [-0.2, -0.15) is 0 Å². The molecule has 0 amide bonds. The van der Waals surface area contributed by atoms with Gasteiger partial charge in [-0.15, -0.1) is 0 Å². The van der Waals surface area contributed by atoms with Crippen molar-refractivity contribution in [3.05, 3.63) is 122 Å². The maximum Gasteiger partial charge on any atom is 0.361 e. The van der Waals surface area contributed by atoms with Crippen molar-refractivity contribution in [3.63, 3.8) is 0 Å². The van der Waals surface area contributed by atoms with E-state index in [9.17, 15) is 19.5 Å². The molecule has 0 aromatic rings. The Morgan fingerprint density at radius 1 is 0.390 bits per heavy atom. The number of carboxylic acid groups (broad SMARTS) is 1. The Bertz CT molecular complexity index is 1670. The minimum Gasteiger partial charge on any atom is -0.477 e. The maximum atomic E-state index is 12.9. The molecule has 0 fully saturated rings. The predicted octanol–water partition coefficient (Wildman–Crippen LogP) is 18.5. The average Bonchev–Trinajstić information content (AvgIpc) is 3.40. The molecule has 0 aliphatic carbocycles. The Kier molecular flexibility index (Phi) is 54.6. The zero-order chi connectivity index (χ0) is 56.2. The highest BCUT2D eigenvalue weighted by Crippen LogP contribution is 2.16. The van der Waals surface area contributed by atoms with Crippen LogP contribution in [0.25, 0.3) is 0 Å². The topological polar surface area (TPSA) is 108 Å². The van der Waals surface area contributed by atoms with E-state index in [0.717, 1.165) is 96.3 Å². The van der Waals surface area contributed by atoms with Gasteiger partial charge in [-0.3, -0.25) is 9.59 Å². The van der Waals surface area contributed by atoms with Crippen LogP contribution in [-0.4, -0.2) is 87.4 Å². The molecule has 0 spiro atoms. The van der Waals surface area contributed by atoms with E-state index in [1.165, 1.54) is 96.3 Å². The first-order valence-electron chi connectivity index (χ1n) is 30.7. The second-order valence-electron chi connectivity index (χ2n) is 21.2. The summed E-state index contributed by atoms with van der Waals surface area (Å²) in [6.45, 7) is 4.59. The van der Waals surface area contributed by atoms with Gasteiger partial charge < -0.3 is 28.5 Å². The van der Waals surface area contributed by atoms with Crippen LogP contribution < -0.4 is 0 Å². The molecule has 2 atom stereocenters. The molecular formula is C68H114NO8+. The smallest absolute Gasteiger partial charge is 0.361 e. The number of esters is 2. The molecule has 1 N–H and O–H groups in total. The quantitative estimate of drug-likeness (QED) is 0.0211. The van der Waals surface area contributed by atoms with E-state index in [4.69, 9.17) is 18.9 Å². The molecule has 0 heterocycles. The number of hydrogen-bond acceptors (Lipinski definition) is 7. The molecule has 0 bridgehead atoms. The van der Waals surface area contributed by atoms with E-state index >= 15 is 0 Å². The van der Waals surface area contributed by atoms with Gasteiger partial charge >= 0.3 is 17.9 Å². The normalized spacial score (nSPS) is 13.6. The molecule has 2 unspecified atom stereocenters. The minimum absolute atomic E-state index is 0.176. The van der Waals surface area contributed by atoms with Crippen LogP contribution in [0.3, 0.4) is 0 Å². The molecule has 0 radical (unpaired) electrons. The molecule has 0 aromatic carbocycles. The summed E-state index contributed by atoms with van der Waals surface area (Å²) in [5.41, 5.74) is 0. The highest BCUT2D eigenvalue weighted by molar-refractivity contribution is 5.71. The largest absolute Gasteiger partial charge is 0.477 e. The predicted molar refractivity (Wildman–Crippen MR) is 327 cm³/mol. The van der Waals surface area contributed by atoms with Crippen molar-refractivity contribution in [1.29, 1.82) is 0 Å². The Morgan fingerprint density at radius 2 is 0.701 bits per heavy atom. The van der Waals surface area contributed by atoms with Crippen LogP contribution in [0.5, 0.6) is 0 Å². The third kappa shape index (κ3) is 59.2. The molecule has 9 heteroatoms. The second kappa shape index (κ2) is 57.9. The zero-order valence-electron chi connectivity index (χ0n) is 49.8. The number of allylic oxidation sites excluding steroid dienone is 20. The van der Waals surface area contributed by atoms with E-state index in [0.29, 0.717) is 23.9 Å². The third-order valence-electron chi connectivity index (χ3n) is 12.7. The average molecular weight is 1070 g/mol. The summed E-state index contributed by atoms with van der Waals surface area (Å²) in [6.07, 6.45) is 78.8. The Morgan fingerprint density at radius 3 is 1.06 bits per heavy atom. The monoisotopic (exact) mass is 1070 g/mol. The minimum atomic E-state index is -1.52. The number of rotatable bonds is 55. The summed E-state index contributed by atoms with van der Waals surface area (Å²) < 4.78 is 22.8. The van der Waals surface area contributed by atoms with Gasteiger partial charge in [-0.05, 0) is 103 Å². The van der Waals surface area contributed by atoms with Crippen LogP contribution in [0.2, 0.25) is 0 Å². The SMILES string of the molecule is CC/C=C\C/C=C\C/C=C\C/C=C\C/C=C\C/C=C\CCCCCCCCCCCCCCCCCCCCC(=O)OC(COC(=O)CCCC/C=C\C/C=C\C/C=C\C/C=C\CC)COC(OCC[N+](C)(C)C)C(=O)O. The van der Waals surface area contributed by atoms with Crippen molar-refractivity contribution in [2.45, 2.75) is 245 Å². The number of carbonyl (C=O) groups excluding carboxylic acids is 2. The highest BCUT2D eigenvalue weighted by atomic mass is 16.7. The molecule has 0 aliphatic rings. The zero-order valence-corrected chi connectivity index (χ0v) is 49.8. The fourth-order valence-electron chi connectivity index (χ4n) is 8.07. The van der Waals surface area contributed by atoms with Crippen LogP contribution in [0, 0.1) is 0 Å². The first kappa shape index (κ1) is 72.7. The number of aliphatic carboxylic acids is 1. The van der Waals surface area contributed by atoms with Gasteiger partial charge in [0.2, 0.25) is 0 Å². The fourth-order valence-corrected chi connectivity index (χ4v) is 8.07. The molecule has 9 nitrogen and oxygen atoms in total. The second-order valence-corrected chi connectivity index (χ2v) is 21.2. The number of carbonyl (C=O) groups is 3. The van der Waals surface area contributed by atoms with Gasteiger partial charge in [0.25, 0.3) is 6.29 Å². The maximum absolute atomic E-state index is 12.9. The van der Waals surface area contributed by atoms with Gasteiger partial charge in [0.05, 0.1) is 34.4 Å². The van der Waals surface area contributed by atoms with E-state index in [-0.39, 0.29) is 38.6 Å². The molecule has 0 rings (SSSR count). The van der Waals surface area contributed by atoms with Gasteiger partial charge in [-0.1, -0.05) is 238 Å². The summed E-state index contributed by atoms with van der Waals surface area (Å²) in [7, 11) is 5.95. The number of likely N-dealkylation sites (N-methyl/N-ethyl adjacent to an activating group) is 1. The Labute approximate surface area is 472 Å². The summed E-state index contributed by atoms with van der Waals surface area (Å²) in [6, 6.07) is 0. The molecule has 0 aromatic heterocycles. The van der Waals surface area contributed by atoms with Gasteiger partial charge in [0.15, 0.2) is 6.10 Å². The van der Waals surface area contributed by atoms with Crippen LogP contribution in [0.1, 0.15) is 232 Å². The van der Waals surface area contributed by atoms with E-state index < -0.39 is 24.3 Å². The fraction of sp³-hybridized carbons (Fsp3) is 0.662. The molecule has 77 heavy (non-hydrogen) atoms. The first-order chi connectivity index (χ1) is 37.6. The number of ether oxygens (including phenoxy) is 4. The van der Waals surface area contributed by atoms with E-state index in [1.54, 1.807) is 0 Å². The van der Waals surface area contributed by atoms with Crippen molar-refractivity contribution in [3.8, 4) is 0 Å². The number of unbranched alkanes of at least 4 members (excludes halogenated alkanes) is 20. The van der Waals surface area contributed by atoms with Crippen molar-refractivity contribution in [2.24, 2.45) is 0 Å². The van der Waals surface area contributed by atoms with Crippen molar-refractivity contribution < 1.29 is 42.9 Å². The van der Waals surface area contributed by atoms with Crippen molar-refractivity contribution in [1.82, 2.24) is 0 Å². The molecule has 0 saturated heterocycles. The Balaban J connectivity index is 4.10. The lowest BCUT2D eigenvalue weighted by atomic mass is 10.0. The third-order valence-corrected chi connectivity index (χ3v) is 12.7. The lowest BCUT2D eigenvalue weighted by Gasteiger charge is -2.25. The van der Waals surface area contributed by atoms with Crippen LogP contribution in [0.4, 0.5) is 0 Å². The van der Waals surface area contributed by atoms with Crippen molar-refractivity contribution in [2.75, 3.05) is 47.5 Å². The lowest BCUT2D eigenvalue weighted by Crippen LogP contribution is -2.40. The molecule has 438 valence electrons. The van der Waals surface area contributed by atoms with Gasteiger partial charge in [0, 0.05) is 12.8 Å². The lowest BCUT2D eigenvalue weighted by molar-refractivity contribution is -0.870. The van der Waals surface area contributed by atoms with Gasteiger partial charge in [0.1, 0.15) is 13.2 Å². The van der Waals surface area contributed by atoms with Crippen molar-refractivity contribution >= 4 is 17.9 Å². The standard InChI is InChI=1S/C68H113NO8/c1-6-8-10-12-14-16-18-20-22-23-24-25-26-27-28-29-30-31-32-33-34-35-36-37-38-39-40-41-42-43-45-47-49-51-53-55-57-59-66(71)77-64(63-76-68(67(72)73)74-61-60-69(3,4)5)62-75-65(70)58-56-54-52-50-48-46-44-21-19-17-15-13-11-9-7-2/h8-11,14-17,20-22,24-25,27-28,30-31,44,48,50,64,68H,6-7,12-13,18-19,23,26,29,32-43,45-47,49,51-63H2,1-5H3/p+1/b10-8-,11-9-,16-14-,17-15-,22-20-,25-24-,28-27-,31-30-,44-21-,50-48-. The highest BCUT2D eigenvalue weighted by Gasteiger charge is 2.25. The molecule has 0 saturated carbocycles. The number of hydrogen-bond donors (Lipinski definition) is 1. The summed E-state index contributed by atoms with van der Waals surface area (Å²) >= 11 is 0. The van der Waals surface area contributed by atoms with E-state index in [2.05, 4.69) is 135 Å². The Hall–Kier alpha value is -4.31. The first-order valence-corrected chi connectivity index (χ1v) is 30.7. The number of nitrogens with zero attached hydrogens (tertiary/aromatic N) is 1. The summed E-state index contributed by atoms with van der Waals surface area (Å²) in [5.74, 6) is -2.07. The number of quaternary nitrogens is 1. The summed E-state index contributed by atoms with van der Waals surface area (Å²) in [5, 5.41) is 9.70. The van der Waals surface area contributed by atoms with Crippen LogP contribution in [0.15, 0.2) is 122 Å². The summed E-state index contributed by atoms with van der Waals surface area (Å²) in [4.78, 5) is 37.4. The molecular weight excluding hydrogens is 959 g/mol. The van der Waals surface area contributed by atoms with Crippen LogP contribution >= 0.6 is 0 Å². The molecule has 0 aliphatic heterocycles. The van der Waals surface area contributed by atoms with E-state index in [1.807, 2.05) is 21.1 Å². The number of carboxylic acids is 1. The van der Waals surface area contributed by atoms with Crippen LogP contribution in [-0.2, 0) is 33.3 Å².